The van der Waals surface area contributed by atoms with Crippen LogP contribution >= 0.6 is 0 Å². The van der Waals surface area contributed by atoms with Crippen LogP contribution in [-0.4, -0.2) is 22.5 Å². The fraction of sp³-hybridized carbons (Fsp3) is 0.105. The van der Waals surface area contributed by atoms with Crippen molar-refractivity contribution in [2.24, 2.45) is 5.84 Å². The predicted octanol–water partition coefficient (Wildman–Crippen LogP) is 2.81. The summed E-state index contributed by atoms with van der Waals surface area (Å²) in [6.07, 6.45) is 0. The van der Waals surface area contributed by atoms with Crippen molar-refractivity contribution >= 4 is 5.91 Å². The van der Waals surface area contributed by atoms with E-state index in [2.05, 4.69) is 15.4 Å². The predicted molar refractivity (Wildman–Crippen MR) is 95.7 cm³/mol. The van der Waals surface area contributed by atoms with Gasteiger partial charge in [-0.15, -0.1) is 0 Å². The molecular formula is C19H18N4O2. The van der Waals surface area contributed by atoms with Gasteiger partial charge in [-0.1, -0.05) is 30.3 Å². The summed E-state index contributed by atoms with van der Waals surface area (Å²) in [4.78, 5) is 20.6. The summed E-state index contributed by atoms with van der Waals surface area (Å²) >= 11 is 0. The van der Waals surface area contributed by atoms with E-state index >= 15 is 0 Å². The van der Waals surface area contributed by atoms with Gasteiger partial charge in [0.15, 0.2) is 0 Å². The standard InChI is InChI=1S/C19H18N4O2/c1-2-25-15-10-8-14(9-11-15)17-12-16(13-6-4-3-5-7-13)21-18(22-17)19(24)23-20/h3-12H,2,20H2,1H3,(H,23,24). The van der Waals surface area contributed by atoms with Crippen LogP contribution < -0.4 is 16.0 Å². The minimum absolute atomic E-state index is 0.0211. The van der Waals surface area contributed by atoms with E-state index in [1.165, 1.54) is 0 Å². The Hall–Kier alpha value is -3.25. The van der Waals surface area contributed by atoms with E-state index in [0.29, 0.717) is 18.0 Å². The number of rotatable bonds is 5. The van der Waals surface area contributed by atoms with Crippen molar-refractivity contribution in [2.45, 2.75) is 6.92 Å². The maximum Gasteiger partial charge on any atom is 0.302 e. The maximum atomic E-state index is 11.9. The van der Waals surface area contributed by atoms with Crippen LogP contribution in [0.5, 0.6) is 5.75 Å². The topological polar surface area (TPSA) is 90.1 Å². The molecule has 0 bridgehead atoms. The Morgan fingerprint density at radius 3 is 2.16 bits per heavy atom. The lowest BCUT2D eigenvalue weighted by Gasteiger charge is -2.09. The third kappa shape index (κ3) is 3.81. The Kier molecular flexibility index (Phi) is 5.01. The second-order valence-electron chi connectivity index (χ2n) is 5.26. The van der Waals surface area contributed by atoms with Gasteiger partial charge in [0.1, 0.15) is 5.75 Å². The Balaban J connectivity index is 2.07. The zero-order valence-electron chi connectivity index (χ0n) is 13.8. The first-order valence-corrected chi connectivity index (χ1v) is 7.90. The minimum Gasteiger partial charge on any atom is -0.494 e. The lowest BCUT2D eigenvalue weighted by Crippen LogP contribution is -2.31. The first kappa shape index (κ1) is 16.6. The SMILES string of the molecule is CCOc1ccc(-c2cc(-c3ccccc3)nc(C(=O)NN)n2)cc1. The molecule has 2 aromatic carbocycles. The Morgan fingerprint density at radius 1 is 1.00 bits per heavy atom. The fourth-order valence-corrected chi connectivity index (χ4v) is 2.41. The van der Waals surface area contributed by atoms with Gasteiger partial charge in [0.05, 0.1) is 18.0 Å². The molecule has 0 saturated carbocycles. The van der Waals surface area contributed by atoms with Crippen molar-refractivity contribution in [1.29, 1.82) is 0 Å². The van der Waals surface area contributed by atoms with Gasteiger partial charge in [-0.05, 0) is 37.3 Å². The summed E-state index contributed by atoms with van der Waals surface area (Å²) in [6, 6.07) is 19.0. The number of aromatic nitrogens is 2. The van der Waals surface area contributed by atoms with Gasteiger partial charge < -0.3 is 4.74 Å². The highest BCUT2D eigenvalue weighted by atomic mass is 16.5. The molecule has 0 saturated heterocycles. The molecule has 3 N–H and O–H groups in total. The average Bonchev–Trinajstić information content (AvgIpc) is 2.68. The number of nitrogens with one attached hydrogen (secondary N) is 1. The molecule has 0 spiro atoms. The number of nitrogens with zero attached hydrogens (tertiary/aromatic N) is 2. The Bertz CT molecular complexity index is 864. The van der Waals surface area contributed by atoms with Crippen molar-refractivity contribution < 1.29 is 9.53 Å². The molecular weight excluding hydrogens is 316 g/mol. The van der Waals surface area contributed by atoms with E-state index in [1.54, 1.807) is 0 Å². The van der Waals surface area contributed by atoms with Crippen LogP contribution in [0.15, 0.2) is 60.7 Å². The molecule has 3 aromatic rings. The van der Waals surface area contributed by atoms with Gasteiger partial charge in [-0.3, -0.25) is 10.2 Å². The second-order valence-corrected chi connectivity index (χ2v) is 5.26. The molecule has 3 rings (SSSR count). The van der Waals surface area contributed by atoms with E-state index in [-0.39, 0.29) is 5.82 Å². The van der Waals surface area contributed by atoms with Crippen molar-refractivity contribution in [3.05, 3.63) is 66.5 Å². The smallest absolute Gasteiger partial charge is 0.302 e. The van der Waals surface area contributed by atoms with E-state index in [9.17, 15) is 4.79 Å². The van der Waals surface area contributed by atoms with E-state index in [1.807, 2.05) is 67.6 Å². The van der Waals surface area contributed by atoms with Gasteiger partial charge >= 0.3 is 5.91 Å². The molecule has 1 aromatic heterocycles. The molecule has 0 fully saturated rings. The summed E-state index contributed by atoms with van der Waals surface area (Å²) in [5.74, 6) is 5.50. The third-order valence-electron chi connectivity index (χ3n) is 3.59. The van der Waals surface area contributed by atoms with Gasteiger partial charge in [0, 0.05) is 11.1 Å². The molecule has 6 heteroatoms. The van der Waals surface area contributed by atoms with E-state index < -0.39 is 5.91 Å². The van der Waals surface area contributed by atoms with Crippen molar-refractivity contribution in [2.75, 3.05) is 6.61 Å². The second kappa shape index (κ2) is 7.55. The molecule has 0 aliphatic carbocycles. The molecule has 0 radical (unpaired) electrons. The summed E-state index contributed by atoms with van der Waals surface area (Å²) in [5.41, 5.74) is 5.11. The van der Waals surface area contributed by atoms with Crippen LogP contribution in [-0.2, 0) is 0 Å². The van der Waals surface area contributed by atoms with Crippen LogP contribution in [0, 0.1) is 0 Å². The summed E-state index contributed by atoms with van der Waals surface area (Å²) in [7, 11) is 0. The molecule has 1 heterocycles. The number of ether oxygens (including phenoxy) is 1. The zero-order valence-corrected chi connectivity index (χ0v) is 13.8. The molecule has 6 nitrogen and oxygen atoms in total. The van der Waals surface area contributed by atoms with Crippen molar-refractivity contribution in [3.63, 3.8) is 0 Å². The largest absolute Gasteiger partial charge is 0.494 e. The lowest BCUT2D eigenvalue weighted by atomic mass is 10.1. The van der Waals surface area contributed by atoms with Crippen LogP contribution in [0.3, 0.4) is 0 Å². The first-order chi connectivity index (χ1) is 12.2. The summed E-state index contributed by atoms with van der Waals surface area (Å²) in [5, 5.41) is 0. The number of hydrogen-bond donors (Lipinski definition) is 2. The molecule has 25 heavy (non-hydrogen) atoms. The van der Waals surface area contributed by atoms with Crippen molar-refractivity contribution in [1.82, 2.24) is 15.4 Å². The maximum absolute atomic E-state index is 11.9. The normalized spacial score (nSPS) is 10.3. The van der Waals surface area contributed by atoms with Crippen molar-refractivity contribution in [3.8, 4) is 28.3 Å². The van der Waals surface area contributed by atoms with Crippen LogP contribution in [0.25, 0.3) is 22.5 Å². The number of hydrazine groups is 1. The molecule has 1 amide bonds. The summed E-state index contributed by atoms with van der Waals surface area (Å²) < 4.78 is 5.46. The lowest BCUT2D eigenvalue weighted by molar-refractivity contribution is 0.0943. The Labute approximate surface area is 145 Å². The number of carbonyl (C=O) groups excluding carboxylic acids is 1. The van der Waals surface area contributed by atoms with Crippen LogP contribution in [0.1, 0.15) is 17.5 Å². The first-order valence-electron chi connectivity index (χ1n) is 7.90. The average molecular weight is 334 g/mol. The van der Waals surface area contributed by atoms with Gasteiger partial charge in [-0.25, -0.2) is 15.8 Å². The van der Waals surface area contributed by atoms with Gasteiger partial charge in [0.2, 0.25) is 5.82 Å². The zero-order chi connectivity index (χ0) is 17.6. The monoisotopic (exact) mass is 334 g/mol. The number of benzene rings is 2. The fourth-order valence-electron chi connectivity index (χ4n) is 2.41. The van der Waals surface area contributed by atoms with E-state index in [0.717, 1.165) is 16.9 Å². The number of nitrogen functional groups attached to an aromatic ring is 1. The molecule has 0 atom stereocenters. The molecule has 0 aliphatic rings. The Morgan fingerprint density at radius 2 is 1.60 bits per heavy atom. The number of amides is 1. The molecule has 126 valence electrons. The van der Waals surface area contributed by atoms with Crippen LogP contribution in [0.2, 0.25) is 0 Å². The number of carbonyl (C=O) groups is 1. The highest BCUT2D eigenvalue weighted by molar-refractivity contribution is 5.91. The number of nitrogens with two attached hydrogens (primary N) is 1. The molecule has 0 aliphatic heterocycles. The third-order valence-corrected chi connectivity index (χ3v) is 3.59. The van der Waals surface area contributed by atoms with Gasteiger partial charge in [-0.2, -0.15) is 0 Å². The highest BCUT2D eigenvalue weighted by Gasteiger charge is 2.13. The summed E-state index contributed by atoms with van der Waals surface area (Å²) in [6.45, 7) is 2.54. The quantitative estimate of drug-likeness (QED) is 0.425. The van der Waals surface area contributed by atoms with E-state index in [4.69, 9.17) is 10.6 Å². The van der Waals surface area contributed by atoms with Gasteiger partial charge in [0.25, 0.3) is 0 Å². The minimum atomic E-state index is -0.537. The molecule has 0 unspecified atom stereocenters. The number of hydrogen-bond acceptors (Lipinski definition) is 5. The highest BCUT2D eigenvalue weighted by Crippen LogP contribution is 2.25. The van der Waals surface area contributed by atoms with Crippen LogP contribution in [0.4, 0.5) is 0 Å².